The van der Waals surface area contributed by atoms with E-state index < -0.39 is 0 Å². The molecule has 1 atom stereocenters. The summed E-state index contributed by atoms with van der Waals surface area (Å²) in [7, 11) is 0. The molecule has 1 aromatic heterocycles. The SMILES string of the molecule is CCc1nc(-c2ccc(Cl)cc2Cl)c(CC)nc1N[C@@H]1CCc2ccccc21. The zero-order valence-corrected chi connectivity index (χ0v) is 17.6. The van der Waals surface area contributed by atoms with E-state index in [9.17, 15) is 0 Å². The van der Waals surface area contributed by atoms with Gasteiger partial charge in [0.2, 0.25) is 0 Å². The van der Waals surface area contributed by atoms with E-state index in [1.54, 1.807) is 6.07 Å². The Morgan fingerprint density at radius 1 is 1.00 bits per heavy atom. The van der Waals surface area contributed by atoms with Crippen LogP contribution in [0.5, 0.6) is 0 Å². The molecule has 4 rings (SSSR count). The third-order valence-corrected chi connectivity index (χ3v) is 5.89. The number of aromatic nitrogens is 2. The van der Waals surface area contributed by atoms with Gasteiger partial charge >= 0.3 is 0 Å². The number of hydrogen-bond acceptors (Lipinski definition) is 3. The van der Waals surface area contributed by atoms with Crippen molar-refractivity contribution >= 4 is 29.0 Å². The molecule has 0 radical (unpaired) electrons. The second-order valence-corrected chi connectivity index (χ2v) is 7.92. The number of nitrogens with one attached hydrogen (secondary N) is 1. The second kappa shape index (κ2) is 8.10. The molecule has 3 aromatic rings. The van der Waals surface area contributed by atoms with E-state index in [-0.39, 0.29) is 6.04 Å². The van der Waals surface area contributed by atoms with Crippen LogP contribution in [0.3, 0.4) is 0 Å². The monoisotopic (exact) mass is 411 g/mol. The number of benzene rings is 2. The lowest BCUT2D eigenvalue weighted by Gasteiger charge is -2.19. The molecule has 0 saturated heterocycles. The Labute approximate surface area is 176 Å². The van der Waals surface area contributed by atoms with Gasteiger partial charge in [-0.05, 0) is 55.0 Å². The first-order chi connectivity index (χ1) is 13.6. The maximum Gasteiger partial charge on any atom is 0.148 e. The minimum atomic E-state index is 0.283. The van der Waals surface area contributed by atoms with Gasteiger partial charge in [0.25, 0.3) is 0 Å². The molecule has 144 valence electrons. The van der Waals surface area contributed by atoms with Crippen molar-refractivity contribution in [3.8, 4) is 11.3 Å². The summed E-state index contributed by atoms with van der Waals surface area (Å²) in [5.74, 6) is 0.884. The normalized spacial score (nSPS) is 15.5. The van der Waals surface area contributed by atoms with Crippen LogP contribution in [0.15, 0.2) is 42.5 Å². The number of nitrogens with zero attached hydrogens (tertiary/aromatic N) is 2. The Morgan fingerprint density at radius 3 is 2.54 bits per heavy atom. The van der Waals surface area contributed by atoms with E-state index in [2.05, 4.69) is 43.4 Å². The van der Waals surface area contributed by atoms with E-state index in [4.69, 9.17) is 33.2 Å². The third kappa shape index (κ3) is 3.61. The fraction of sp³-hybridized carbons (Fsp3) is 0.304. The molecule has 1 aliphatic carbocycles. The average molecular weight is 412 g/mol. The van der Waals surface area contributed by atoms with Crippen LogP contribution in [0.4, 0.5) is 5.82 Å². The van der Waals surface area contributed by atoms with E-state index in [0.717, 1.165) is 54.1 Å². The number of aryl methyl sites for hydroxylation is 3. The van der Waals surface area contributed by atoms with E-state index in [0.29, 0.717) is 10.0 Å². The summed E-state index contributed by atoms with van der Waals surface area (Å²) in [5, 5.41) is 4.89. The highest BCUT2D eigenvalue weighted by atomic mass is 35.5. The third-order valence-electron chi connectivity index (χ3n) is 5.34. The Balaban J connectivity index is 1.73. The molecule has 5 heteroatoms. The molecule has 0 bridgehead atoms. The molecular formula is C23H23Cl2N3. The first-order valence-corrected chi connectivity index (χ1v) is 10.6. The number of hydrogen-bond donors (Lipinski definition) is 1. The van der Waals surface area contributed by atoms with Gasteiger partial charge in [-0.2, -0.15) is 0 Å². The minimum Gasteiger partial charge on any atom is -0.362 e. The van der Waals surface area contributed by atoms with Crippen molar-refractivity contribution in [2.75, 3.05) is 5.32 Å². The first kappa shape index (κ1) is 19.2. The Morgan fingerprint density at radius 2 is 1.79 bits per heavy atom. The van der Waals surface area contributed by atoms with Crippen molar-refractivity contribution in [2.24, 2.45) is 0 Å². The molecule has 0 saturated carbocycles. The molecule has 28 heavy (non-hydrogen) atoms. The number of halogens is 2. The van der Waals surface area contributed by atoms with Crippen molar-refractivity contribution in [1.29, 1.82) is 0 Å². The van der Waals surface area contributed by atoms with E-state index in [1.165, 1.54) is 11.1 Å². The lowest BCUT2D eigenvalue weighted by atomic mass is 10.1. The Kier molecular flexibility index (Phi) is 5.56. The summed E-state index contributed by atoms with van der Waals surface area (Å²) in [6.45, 7) is 4.20. The lowest BCUT2D eigenvalue weighted by Crippen LogP contribution is -2.13. The van der Waals surface area contributed by atoms with Gasteiger partial charge in [-0.1, -0.05) is 61.3 Å². The van der Waals surface area contributed by atoms with Crippen LogP contribution in [0.25, 0.3) is 11.3 Å². The Hall–Kier alpha value is -2.10. The fourth-order valence-corrected chi connectivity index (χ4v) is 4.38. The molecular weight excluding hydrogens is 389 g/mol. The van der Waals surface area contributed by atoms with Gasteiger partial charge < -0.3 is 5.32 Å². The van der Waals surface area contributed by atoms with Gasteiger partial charge in [0.05, 0.1) is 28.1 Å². The van der Waals surface area contributed by atoms with Gasteiger partial charge in [0.1, 0.15) is 5.82 Å². The van der Waals surface area contributed by atoms with Crippen LogP contribution in [-0.4, -0.2) is 9.97 Å². The molecule has 0 aliphatic heterocycles. The molecule has 0 unspecified atom stereocenters. The van der Waals surface area contributed by atoms with Gasteiger partial charge in [0, 0.05) is 10.6 Å². The standard InChI is InChI=1S/C23H23Cl2N3/c1-3-19-22(17-11-10-15(24)13-18(17)25)26-20(4-2)23(27-19)28-21-12-9-14-7-5-6-8-16(14)21/h5-8,10-11,13,21H,3-4,9,12H2,1-2H3,(H,27,28)/t21-/m1/s1. The zero-order chi connectivity index (χ0) is 19.7. The molecule has 0 spiro atoms. The van der Waals surface area contributed by atoms with Crippen molar-refractivity contribution < 1.29 is 0 Å². The zero-order valence-electron chi connectivity index (χ0n) is 16.1. The van der Waals surface area contributed by atoms with Crippen molar-refractivity contribution in [3.05, 3.63) is 75.0 Å². The maximum atomic E-state index is 6.45. The molecule has 1 N–H and O–H groups in total. The van der Waals surface area contributed by atoms with Crippen molar-refractivity contribution in [2.45, 2.75) is 45.6 Å². The predicted octanol–water partition coefficient (Wildman–Crippen LogP) is 6.67. The average Bonchev–Trinajstić information content (AvgIpc) is 3.11. The molecule has 0 amide bonds. The summed E-state index contributed by atoms with van der Waals surface area (Å²) in [4.78, 5) is 9.94. The lowest BCUT2D eigenvalue weighted by molar-refractivity contribution is 0.750. The van der Waals surface area contributed by atoms with E-state index in [1.807, 2.05) is 12.1 Å². The van der Waals surface area contributed by atoms with Crippen molar-refractivity contribution in [1.82, 2.24) is 9.97 Å². The van der Waals surface area contributed by atoms with Crippen LogP contribution >= 0.6 is 23.2 Å². The summed E-state index contributed by atoms with van der Waals surface area (Å²) < 4.78 is 0. The molecule has 3 nitrogen and oxygen atoms in total. The summed E-state index contributed by atoms with van der Waals surface area (Å²) in [5.41, 5.74) is 6.42. The fourth-order valence-electron chi connectivity index (χ4n) is 3.88. The number of anilines is 1. The van der Waals surface area contributed by atoms with Crippen LogP contribution in [0.2, 0.25) is 10.0 Å². The summed E-state index contributed by atoms with van der Waals surface area (Å²) >= 11 is 12.5. The van der Waals surface area contributed by atoms with Crippen LogP contribution in [0.1, 0.15) is 48.8 Å². The highest BCUT2D eigenvalue weighted by Crippen LogP contribution is 2.36. The molecule has 0 fully saturated rings. The highest BCUT2D eigenvalue weighted by Gasteiger charge is 2.24. The molecule has 1 heterocycles. The highest BCUT2D eigenvalue weighted by molar-refractivity contribution is 6.36. The maximum absolute atomic E-state index is 6.45. The minimum absolute atomic E-state index is 0.283. The van der Waals surface area contributed by atoms with Crippen molar-refractivity contribution in [3.63, 3.8) is 0 Å². The van der Waals surface area contributed by atoms with Crippen LogP contribution in [-0.2, 0) is 19.3 Å². The van der Waals surface area contributed by atoms with Gasteiger partial charge in [0.15, 0.2) is 0 Å². The largest absolute Gasteiger partial charge is 0.362 e. The smallest absolute Gasteiger partial charge is 0.148 e. The number of rotatable bonds is 5. The van der Waals surface area contributed by atoms with E-state index >= 15 is 0 Å². The van der Waals surface area contributed by atoms with Gasteiger partial charge in [-0.15, -0.1) is 0 Å². The predicted molar refractivity (Wildman–Crippen MR) is 117 cm³/mol. The Bertz CT molecular complexity index is 1020. The van der Waals surface area contributed by atoms with Gasteiger partial charge in [-0.25, -0.2) is 9.97 Å². The summed E-state index contributed by atoms with van der Waals surface area (Å²) in [6, 6.07) is 14.4. The number of fused-ring (bicyclic) bond motifs is 1. The van der Waals surface area contributed by atoms with Crippen LogP contribution in [0, 0.1) is 0 Å². The first-order valence-electron chi connectivity index (χ1n) is 9.80. The van der Waals surface area contributed by atoms with Gasteiger partial charge in [-0.3, -0.25) is 0 Å². The topological polar surface area (TPSA) is 37.8 Å². The second-order valence-electron chi connectivity index (χ2n) is 7.08. The molecule has 2 aromatic carbocycles. The summed E-state index contributed by atoms with van der Waals surface area (Å²) in [6.07, 6.45) is 3.76. The van der Waals surface area contributed by atoms with Crippen LogP contribution < -0.4 is 5.32 Å². The molecule has 1 aliphatic rings. The quantitative estimate of drug-likeness (QED) is 0.508.